The van der Waals surface area contributed by atoms with Crippen LogP contribution in [0, 0.1) is 11.6 Å². The lowest BCUT2D eigenvalue weighted by Gasteiger charge is -2.32. The van der Waals surface area contributed by atoms with Crippen molar-refractivity contribution in [1.82, 2.24) is 9.88 Å². The molecule has 0 radical (unpaired) electrons. The first-order valence-corrected chi connectivity index (χ1v) is 14.5. The van der Waals surface area contributed by atoms with Crippen molar-refractivity contribution in [3.05, 3.63) is 69.5 Å². The summed E-state index contributed by atoms with van der Waals surface area (Å²) in [5.74, 6) is -4.51. The monoisotopic (exact) mass is 604 g/mol. The number of aliphatic carboxylic acids is 1. The van der Waals surface area contributed by atoms with Gasteiger partial charge in [-0.1, -0.05) is 18.2 Å². The Labute approximate surface area is 230 Å². The summed E-state index contributed by atoms with van der Waals surface area (Å²) in [5, 5.41) is 11.7. The number of carbonyl (C=O) groups is 1. The molecule has 3 aromatic rings. The summed E-state index contributed by atoms with van der Waals surface area (Å²) in [4.78, 5) is 14.1. The minimum absolute atomic E-state index is 0.0208. The Morgan fingerprint density at radius 2 is 1.80 bits per heavy atom. The number of rotatable bonds is 9. The molecule has 0 unspecified atom stereocenters. The maximum atomic E-state index is 14.8. The average molecular weight is 605 g/mol. The zero-order chi connectivity index (χ0) is 29.1. The highest BCUT2D eigenvalue weighted by atomic mass is 32.2. The van der Waals surface area contributed by atoms with Gasteiger partial charge < -0.3 is 10.4 Å². The van der Waals surface area contributed by atoms with E-state index in [1.807, 2.05) is 0 Å². The van der Waals surface area contributed by atoms with Gasteiger partial charge in [0, 0.05) is 24.2 Å². The van der Waals surface area contributed by atoms with Crippen LogP contribution in [0.4, 0.5) is 33.5 Å². The highest BCUT2D eigenvalue weighted by Gasteiger charge is 2.38. The lowest BCUT2D eigenvalue weighted by atomic mass is 9.96. The third kappa shape index (κ3) is 7.46. The number of thiazole rings is 1. The SMILES string of the molecule is O=C(O)C(F)(F)F.O=S(=O)(Nc1cscn1)c1c(F)cc(NCc2c(CN3CCC3)cccc2C2CC2)cc1F. The molecule has 2 aromatic carbocycles. The van der Waals surface area contributed by atoms with Gasteiger partial charge in [-0.2, -0.15) is 13.2 Å². The third-order valence-electron chi connectivity index (χ3n) is 6.32. The average Bonchev–Trinajstić information content (AvgIpc) is 3.56. The molecule has 216 valence electrons. The van der Waals surface area contributed by atoms with Crippen molar-refractivity contribution < 1.29 is 40.3 Å². The molecule has 3 N–H and O–H groups in total. The Balaban J connectivity index is 0.000000470. The fourth-order valence-electron chi connectivity index (χ4n) is 4.14. The van der Waals surface area contributed by atoms with Crippen LogP contribution in [-0.2, 0) is 27.9 Å². The molecule has 2 aliphatic rings. The van der Waals surface area contributed by atoms with Gasteiger partial charge in [0.05, 0.1) is 5.51 Å². The molecule has 2 heterocycles. The van der Waals surface area contributed by atoms with Crippen molar-refractivity contribution in [2.45, 2.75) is 49.3 Å². The van der Waals surface area contributed by atoms with Gasteiger partial charge in [0.2, 0.25) is 0 Å². The van der Waals surface area contributed by atoms with Crippen molar-refractivity contribution in [2.24, 2.45) is 0 Å². The molecule has 1 aliphatic carbocycles. The van der Waals surface area contributed by atoms with Crippen molar-refractivity contribution in [1.29, 1.82) is 0 Å². The van der Waals surface area contributed by atoms with Gasteiger partial charge in [0.25, 0.3) is 10.0 Å². The smallest absolute Gasteiger partial charge is 0.475 e. The number of nitrogens with zero attached hydrogens (tertiary/aromatic N) is 2. The van der Waals surface area contributed by atoms with Crippen molar-refractivity contribution in [3.8, 4) is 0 Å². The number of alkyl halides is 3. The van der Waals surface area contributed by atoms with E-state index < -0.39 is 38.7 Å². The first kappa shape index (κ1) is 29.7. The van der Waals surface area contributed by atoms with Gasteiger partial charge in [-0.05, 0) is 67.1 Å². The van der Waals surface area contributed by atoms with E-state index in [0.717, 1.165) is 50.2 Å². The molecular formula is C25H25F5N4O4S2. The molecular weight excluding hydrogens is 579 g/mol. The van der Waals surface area contributed by atoms with Gasteiger partial charge in [-0.3, -0.25) is 9.62 Å². The van der Waals surface area contributed by atoms with Crippen LogP contribution in [-0.4, -0.2) is 48.6 Å². The number of aromatic nitrogens is 1. The Kier molecular flexibility index (Phi) is 8.95. The number of hydrogen-bond acceptors (Lipinski definition) is 7. The molecule has 0 atom stereocenters. The highest BCUT2D eigenvalue weighted by molar-refractivity contribution is 7.92. The van der Waals surface area contributed by atoms with Crippen LogP contribution in [0.15, 0.2) is 46.1 Å². The van der Waals surface area contributed by atoms with E-state index in [9.17, 15) is 30.4 Å². The van der Waals surface area contributed by atoms with Crippen LogP contribution in [0.2, 0.25) is 0 Å². The van der Waals surface area contributed by atoms with Crippen LogP contribution in [0.25, 0.3) is 0 Å². The quantitative estimate of drug-likeness (QED) is 0.275. The molecule has 1 saturated heterocycles. The number of nitrogens with one attached hydrogen (secondary N) is 2. The predicted molar refractivity (Wildman–Crippen MR) is 139 cm³/mol. The van der Waals surface area contributed by atoms with Crippen molar-refractivity contribution in [3.63, 3.8) is 0 Å². The fourth-order valence-corrected chi connectivity index (χ4v) is 5.82. The highest BCUT2D eigenvalue weighted by Crippen LogP contribution is 2.43. The van der Waals surface area contributed by atoms with Crippen LogP contribution in [0.1, 0.15) is 41.9 Å². The topological polar surface area (TPSA) is 112 Å². The fraction of sp³-hybridized carbons (Fsp3) is 0.360. The molecule has 15 heteroatoms. The Hall–Kier alpha value is -3.30. The number of anilines is 2. The Morgan fingerprint density at radius 3 is 2.30 bits per heavy atom. The Morgan fingerprint density at radius 1 is 1.15 bits per heavy atom. The summed E-state index contributed by atoms with van der Waals surface area (Å²) in [5.41, 5.74) is 5.29. The summed E-state index contributed by atoms with van der Waals surface area (Å²) < 4.78 is 88.3. The van der Waals surface area contributed by atoms with E-state index in [-0.39, 0.29) is 11.5 Å². The number of likely N-dealkylation sites (tertiary alicyclic amines) is 1. The maximum absolute atomic E-state index is 14.8. The third-order valence-corrected chi connectivity index (χ3v) is 8.31. The molecule has 0 spiro atoms. The van der Waals surface area contributed by atoms with Gasteiger partial charge in [-0.25, -0.2) is 27.0 Å². The number of sulfonamides is 1. The van der Waals surface area contributed by atoms with Gasteiger partial charge in [0.1, 0.15) is 11.6 Å². The van der Waals surface area contributed by atoms with E-state index in [2.05, 4.69) is 38.1 Å². The van der Waals surface area contributed by atoms with Crippen LogP contribution < -0.4 is 10.0 Å². The second kappa shape index (κ2) is 12.1. The zero-order valence-electron chi connectivity index (χ0n) is 20.8. The second-order valence-corrected chi connectivity index (χ2v) is 11.6. The van der Waals surface area contributed by atoms with Gasteiger partial charge >= 0.3 is 12.1 Å². The van der Waals surface area contributed by atoms with Crippen molar-refractivity contribution in [2.75, 3.05) is 23.1 Å². The standard InChI is InChI=1S/C23H24F2N4O2S2.C2HF3O2/c24-20-9-17(10-21(25)23(20)33(30,31)28-22-13-32-14-27-22)26-11-19-16(12-29-7-2-8-29)3-1-4-18(19)15-5-6-15;3-2(4,5)1(6)7/h1,3-4,9-10,13-15,26,28H,2,5-8,11-12H2;(H,6,7). The number of carboxylic acid groups (broad SMARTS) is 1. The van der Waals surface area contributed by atoms with E-state index >= 15 is 0 Å². The minimum Gasteiger partial charge on any atom is -0.475 e. The number of carboxylic acids is 1. The number of benzene rings is 2. The van der Waals surface area contributed by atoms with Crippen LogP contribution in [0.3, 0.4) is 0 Å². The lowest BCUT2D eigenvalue weighted by molar-refractivity contribution is -0.192. The summed E-state index contributed by atoms with van der Waals surface area (Å²) in [6.07, 6.45) is -1.56. The summed E-state index contributed by atoms with van der Waals surface area (Å²) in [7, 11) is -4.44. The number of hydrogen-bond donors (Lipinski definition) is 3. The minimum atomic E-state index is -5.08. The second-order valence-electron chi connectivity index (χ2n) is 9.29. The zero-order valence-corrected chi connectivity index (χ0v) is 22.5. The van der Waals surface area contributed by atoms with Crippen LogP contribution >= 0.6 is 11.3 Å². The lowest BCUT2D eigenvalue weighted by Crippen LogP contribution is -2.36. The van der Waals surface area contributed by atoms with Gasteiger partial charge in [-0.15, -0.1) is 11.3 Å². The normalized spacial score (nSPS) is 15.5. The predicted octanol–water partition coefficient (Wildman–Crippen LogP) is 5.55. The molecule has 1 aromatic heterocycles. The summed E-state index contributed by atoms with van der Waals surface area (Å²) in [6.45, 7) is 3.45. The molecule has 0 bridgehead atoms. The van der Waals surface area contributed by atoms with Crippen LogP contribution in [0.5, 0.6) is 0 Å². The molecule has 0 amide bonds. The largest absolute Gasteiger partial charge is 0.490 e. The first-order valence-electron chi connectivity index (χ1n) is 12.1. The summed E-state index contributed by atoms with van der Waals surface area (Å²) in [6, 6.07) is 8.37. The van der Waals surface area contributed by atoms with Gasteiger partial charge in [0.15, 0.2) is 10.7 Å². The molecule has 8 nitrogen and oxygen atoms in total. The number of halogens is 5. The Bertz CT molecular complexity index is 1440. The van der Waals surface area contributed by atoms with E-state index in [1.54, 1.807) is 0 Å². The first-order chi connectivity index (χ1) is 18.8. The molecule has 2 fully saturated rings. The summed E-state index contributed by atoms with van der Waals surface area (Å²) >= 11 is 1.17. The molecule has 1 saturated carbocycles. The molecule has 5 rings (SSSR count). The van der Waals surface area contributed by atoms with E-state index in [0.29, 0.717) is 12.5 Å². The van der Waals surface area contributed by atoms with E-state index in [4.69, 9.17) is 9.90 Å². The molecule has 1 aliphatic heterocycles. The maximum Gasteiger partial charge on any atom is 0.490 e. The van der Waals surface area contributed by atoms with Crippen molar-refractivity contribution >= 4 is 38.8 Å². The molecule has 40 heavy (non-hydrogen) atoms. The van der Waals surface area contributed by atoms with E-state index in [1.165, 1.54) is 39.8 Å².